The van der Waals surface area contributed by atoms with E-state index in [1.54, 1.807) is 5.20 Å². The van der Waals surface area contributed by atoms with Crippen LogP contribution in [0.15, 0.2) is 22.9 Å². The fraction of sp³-hybridized carbons (Fsp3) is 0.667. The monoisotopic (exact) mass is 209 g/mol. The van der Waals surface area contributed by atoms with Crippen molar-refractivity contribution in [3.8, 4) is 0 Å². The van der Waals surface area contributed by atoms with E-state index >= 15 is 0 Å². The lowest BCUT2D eigenvalue weighted by Crippen LogP contribution is -2.55. The van der Waals surface area contributed by atoms with E-state index in [1.165, 1.54) is 5.57 Å². The highest BCUT2D eigenvalue weighted by atomic mass is 28.3. The molecule has 0 heterocycles. The standard InChI is InChI=1S/C12H23NSi/c1-10-7-8-11(9-10)14(5,6)13-12(2,3)4/h7,9,13H,8H2,1-6H3. The zero-order valence-corrected chi connectivity index (χ0v) is 11.4. The summed E-state index contributed by atoms with van der Waals surface area (Å²) in [7, 11) is -1.39. The first-order valence-corrected chi connectivity index (χ1v) is 8.38. The second-order valence-electron chi connectivity index (χ2n) is 5.82. The van der Waals surface area contributed by atoms with Crippen molar-refractivity contribution in [1.29, 1.82) is 0 Å². The van der Waals surface area contributed by atoms with Gasteiger partial charge in [-0.05, 0) is 34.1 Å². The van der Waals surface area contributed by atoms with Gasteiger partial charge in [0.05, 0.1) is 0 Å². The molecule has 2 heteroatoms. The van der Waals surface area contributed by atoms with Crippen LogP contribution in [0.25, 0.3) is 0 Å². The fourth-order valence-electron chi connectivity index (χ4n) is 2.12. The van der Waals surface area contributed by atoms with E-state index in [0.29, 0.717) is 0 Å². The van der Waals surface area contributed by atoms with Crippen LogP contribution in [0.1, 0.15) is 34.1 Å². The summed E-state index contributed by atoms with van der Waals surface area (Å²) in [5, 5.41) is 1.63. The molecule has 1 N–H and O–H groups in total. The summed E-state index contributed by atoms with van der Waals surface area (Å²) in [4.78, 5) is 3.80. The smallest absolute Gasteiger partial charge is 0.148 e. The number of rotatable bonds is 2. The maximum atomic E-state index is 3.80. The Kier molecular flexibility index (Phi) is 3.07. The average molecular weight is 209 g/mol. The van der Waals surface area contributed by atoms with Crippen molar-refractivity contribution in [2.24, 2.45) is 0 Å². The third-order valence-corrected chi connectivity index (χ3v) is 5.87. The molecule has 1 aliphatic carbocycles. The second kappa shape index (κ2) is 3.67. The van der Waals surface area contributed by atoms with Crippen LogP contribution < -0.4 is 4.98 Å². The highest BCUT2D eigenvalue weighted by Gasteiger charge is 2.30. The molecule has 0 fully saturated rings. The van der Waals surface area contributed by atoms with E-state index in [9.17, 15) is 0 Å². The molecule has 0 saturated heterocycles. The molecule has 0 aromatic carbocycles. The molecule has 0 aliphatic heterocycles. The van der Waals surface area contributed by atoms with Gasteiger partial charge >= 0.3 is 0 Å². The van der Waals surface area contributed by atoms with Gasteiger partial charge in [-0.15, -0.1) is 0 Å². The van der Waals surface area contributed by atoms with Crippen molar-refractivity contribution >= 4 is 8.24 Å². The van der Waals surface area contributed by atoms with Crippen molar-refractivity contribution in [1.82, 2.24) is 4.98 Å². The molecule has 0 amide bonds. The summed E-state index contributed by atoms with van der Waals surface area (Å²) < 4.78 is 0. The Balaban J connectivity index is 2.72. The second-order valence-corrected chi connectivity index (χ2v) is 9.96. The molecule has 80 valence electrons. The molecule has 0 unspecified atom stereocenters. The number of allylic oxidation sites excluding steroid dienone is 4. The van der Waals surface area contributed by atoms with Crippen molar-refractivity contribution in [3.05, 3.63) is 22.9 Å². The Bertz CT molecular complexity index is 279. The number of hydrogen-bond acceptors (Lipinski definition) is 1. The van der Waals surface area contributed by atoms with Crippen LogP contribution in [0.4, 0.5) is 0 Å². The van der Waals surface area contributed by atoms with Crippen LogP contribution in [0.5, 0.6) is 0 Å². The van der Waals surface area contributed by atoms with Gasteiger partial charge in [0, 0.05) is 5.54 Å². The van der Waals surface area contributed by atoms with Gasteiger partial charge in [-0.1, -0.05) is 36.0 Å². The van der Waals surface area contributed by atoms with Gasteiger partial charge in [0.1, 0.15) is 8.24 Å². The molecule has 0 atom stereocenters. The summed E-state index contributed by atoms with van der Waals surface area (Å²) in [6.45, 7) is 13.7. The molecular weight excluding hydrogens is 186 g/mol. The van der Waals surface area contributed by atoms with E-state index in [-0.39, 0.29) is 5.54 Å². The fourth-order valence-corrected chi connectivity index (χ4v) is 5.35. The Labute approximate surface area is 89.4 Å². The number of nitrogens with one attached hydrogen (secondary N) is 1. The van der Waals surface area contributed by atoms with Gasteiger partial charge in [-0.2, -0.15) is 0 Å². The van der Waals surface area contributed by atoms with Gasteiger partial charge in [0.2, 0.25) is 0 Å². The van der Waals surface area contributed by atoms with Crippen LogP contribution >= 0.6 is 0 Å². The molecule has 0 aromatic rings. The van der Waals surface area contributed by atoms with Crippen molar-refractivity contribution < 1.29 is 0 Å². The maximum Gasteiger partial charge on any atom is 0.148 e. The summed E-state index contributed by atoms with van der Waals surface area (Å²) in [6, 6.07) is 0. The lowest BCUT2D eigenvalue weighted by molar-refractivity contribution is 0.513. The molecule has 14 heavy (non-hydrogen) atoms. The summed E-state index contributed by atoms with van der Waals surface area (Å²) in [6.07, 6.45) is 5.85. The number of hydrogen-bond donors (Lipinski definition) is 1. The molecule has 1 rings (SSSR count). The van der Waals surface area contributed by atoms with Crippen LogP contribution in [-0.4, -0.2) is 13.8 Å². The molecule has 0 aromatic heterocycles. The first kappa shape index (κ1) is 11.7. The van der Waals surface area contributed by atoms with Crippen molar-refractivity contribution in [3.63, 3.8) is 0 Å². The zero-order chi connectivity index (χ0) is 11.0. The predicted octanol–water partition coefficient (Wildman–Crippen LogP) is 3.40. The molecule has 1 aliphatic rings. The minimum atomic E-state index is -1.39. The van der Waals surface area contributed by atoms with Crippen LogP contribution in [0, 0.1) is 0 Å². The SMILES string of the molecule is CC1=CCC([Si](C)(C)NC(C)(C)C)=C1. The lowest BCUT2D eigenvalue weighted by Gasteiger charge is -2.34. The quantitative estimate of drug-likeness (QED) is 0.687. The van der Waals surface area contributed by atoms with E-state index in [4.69, 9.17) is 0 Å². The van der Waals surface area contributed by atoms with Gasteiger partial charge in [0.15, 0.2) is 0 Å². The molecule has 0 spiro atoms. The Morgan fingerprint density at radius 3 is 2.21 bits per heavy atom. The first-order chi connectivity index (χ1) is 6.21. The Morgan fingerprint density at radius 1 is 1.29 bits per heavy atom. The largest absolute Gasteiger partial charge is 0.329 e. The minimum Gasteiger partial charge on any atom is -0.329 e. The van der Waals surface area contributed by atoms with E-state index in [1.807, 2.05) is 0 Å². The third-order valence-electron chi connectivity index (χ3n) is 2.54. The van der Waals surface area contributed by atoms with Crippen LogP contribution in [0.2, 0.25) is 13.1 Å². The van der Waals surface area contributed by atoms with Gasteiger partial charge in [-0.3, -0.25) is 0 Å². The van der Waals surface area contributed by atoms with E-state index in [2.05, 4.69) is 57.9 Å². The highest BCUT2D eigenvalue weighted by molar-refractivity contribution is 6.82. The average Bonchev–Trinajstić information content (AvgIpc) is 2.29. The summed E-state index contributed by atoms with van der Waals surface area (Å²) in [5.74, 6) is 0. The maximum absolute atomic E-state index is 3.80. The Hall–Kier alpha value is -0.343. The minimum absolute atomic E-state index is 0.229. The predicted molar refractivity (Wildman–Crippen MR) is 66.8 cm³/mol. The van der Waals surface area contributed by atoms with Crippen LogP contribution in [0.3, 0.4) is 0 Å². The topological polar surface area (TPSA) is 12.0 Å². The van der Waals surface area contributed by atoms with E-state index in [0.717, 1.165) is 6.42 Å². The molecule has 0 bridgehead atoms. The first-order valence-electron chi connectivity index (χ1n) is 5.38. The van der Waals surface area contributed by atoms with Crippen LogP contribution in [-0.2, 0) is 0 Å². The van der Waals surface area contributed by atoms with E-state index < -0.39 is 8.24 Å². The third kappa shape index (κ3) is 3.10. The molecule has 0 saturated carbocycles. The van der Waals surface area contributed by atoms with Gasteiger partial charge in [0.25, 0.3) is 0 Å². The molecule has 1 nitrogen and oxygen atoms in total. The summed E-state index contributed by atoms with van der Waals surface area (Å²) >= 11 is 0. The van der Waals surface area contributed by atoms with Gasteiger partial charge in [-0.25, -0.2) is 0 Å². The van der Waals surface area contributed by atoms with Crippen molar-refractivity contribution in [2.75, 3.05) is 0 Å². The zero-order valence-electron chi connectivity index (χ0n) is 10.4. The Morgan fingerprint density at radius 2 is 1.86 bits per heavy atom. The molecule has 0 radical (unpaired) electrons. The summed E-state index contributed by atoms with van der Waals surface area (Å²) in [5.41, 5.74) is 1.66. The molecular formula is C12H23NSi. The lowest BCUT2D eigenvalue weighted by atomic mass is 10.1. The normalized spacial score (nSPS) is 18.1. The van der Waals surface area contributed by atoms with Crippen molar-refractivity contribution in [2.45, 2.75) is 52.7 Å². The highest BCUT2D eigenvalue weighted by Crippen LogP contribution is 2.26. The van der Waals surface area contributed by atoms with Gasteiger partial charge < -0.3 is 4.98 Å².